The lowest BCUT2D eigenvalue weighted by Crippen LogP contribution is -2.21. The summed E-state index contributed by atoms with van der Waals surface area (Å²) in [5.74, 6) is 0.589. The predicted molar refractivity (Wildman–Crippen MR) is 90.5 cm³/mol. The Kier molecular flexibility index (Phi) is 4.39. The second kappa shape index (κ2) is 6.62. The number of benzene rings is 1. The van der Waals surface area contributed by atoms with Crippen LogP contribution in [0.2, 0.25) is 0 Å². The Morgan fingerprint density at radius 3 is 2.87 bits per heavy atom. The molecule has 5 nitrogen and oxygen atoms in total. The number of aryl methyl sites for hydroxylation is 1. The molecule has 118 valence electrons. The summed E-state index contributed by atoms with van der Waals surface area (Å²) in [4.78, 5) is 16.6. The van der Waals surface area contributed by atoms with Crippen LogP contribution in [-0.4, -0.2) is 16.7 Å². The van der Waals surface area contributed by atoms with E-state index in [9.17, 15) is 4.79 Å². The number of aromatic nitrogens is 2. The first-order chi connectivity index (χ1) is 11.2. The molecule has 1 aromatic carbocycles. The van der Waals surface area contributed by atoms with E-state index in [2.05, 4.69) is 10.3 Å². The fourth-order valence-corrected chi connectivity index (χ4v) is 2.65. The molecule has 23 heavy (non-hydrogen) atoms. The molecule has 0 aliphatic carbocycles. The molecule has 0 unspecified atom stereocenters. The Bertz CT molecular complexity index is 887. The number of pyridine rings is 2. The fraction of sp³-hybridized carbons (Fsp3) is 0.222. The van der Waals surface area contributed by atoms with E-state index in [-0.39, 0.29) is 5.43 Å². The van der Waals surface area contributed by atoms with E-state index in [1.54, 1.807) is 13.3 Å². The highest BCUT2D eigenvalue weighted by molar-refractivity contribution is 5.79. The van der Waals surface area contributed by atoms with E-state index in [4.69, 9.17) is 4.74 Å². The largest absolute Gasteiger partial charge is 0.481 e. The van der Waals surface area contributed by atoms with Crippen molar-refractivity contribution in [3.05, 3.63) is 70.1 Å². The Morgan fingerprint density at radius 2 is 2.04 bits per heavy atom. The van der Waals surface area contributed by atoms with Crippen LogP contribution in [0.25, 0.3) is 10.9 Å². The van der Waals surface area contributed by atoms with Gasteiger partial charge in [0.05, 0.1) is 12.6 Å². The van der Waals surface area contributed by atoms with Gasteiger partial charge in [-0.3, -0.25) is 4.79 Å². The third-order valence-corrected chi connectivity index (χ3v) is 3.82. The molecule has 2 heterocycles. The highest BCUT2D eigenvalue weighted by Gasteiger charge is 2.06. The maximum Gasteiger partial charge on any atom is 0.213 e. The standard InChI is InChI=1S/C18H19N3O2/c1-21-12-14(18(22)15-5-3-4-6-16(15)21)11-19-10-13-7-8-20-17(9-13)23-2/h3-9,12,19H,10-11H2,1-2H3. The molecule has 5 heteroatoms. The molecule has 0 amide bonds. The summed E-state index contributed by atoms with van der Waals surface area (Å²) in [5.41, 5.74) is 2.85. The second-order valence-corrected chi connectivity index (χ2v) is 5.42. The van der Waals surface area contributed by atoms with Crippen LogP contribution >= 0.6 is 0 Å². The van der Waals surface area contributed by atoms with Crippen molar-refractivity contribution >= 4 is 10.9 Å². The molecule has 0 atom stereocenters. The van der Waals surface area contributed by atoms with Crippen molar-refractivity contribution in [1.82, 2.24) is 14.9 Å². The van der Waals surface area contributed by atoms with Gasteiger partial charge < -0.3 is 14.6 Å². The van der Waals surface area contributed by atoms with Crippen LogP contribution in [0.15, 0.2) is 53.6 Å². The third-order valence-electron chi connectivity index (χ3n) is 3.82. The number of rotatable bonds is 5. The molecule has 0 aliphatic rings. The Balaban J connectivity index is 1.77. The van der Waals surface area contributed by atoms with Gasteiger partial charge in [0.15, 0.2) is 5.43 Å². The normalized spacial score (nSPS) is 10.9. The first kappa shape index (κ1) is 15.2. The maximum absolute atomic E-state index is 12.5. The van der Waals surface area contributed by atoms with Crippen molar-refractivity contribution in [3.8, 4) is 5.88 Å². The van der Waals surface area contributed by atoms with Gasteiger partial charge >= 0.3 is 0 Å². The second-order valence-electron chi connectivity index (χ2n) is 5.42. The monoisotopic (exact) mass is 309 g/mol. The third kappa shape index (κ3) is 3.24. The van der Waals surface area contributed by atoms with Gasteiger partial charge in [-0.15, -0.1) is 0 Å². The molecule has 0 saturated heterocycles. The van der Waals surface area contributed by atoms with Crippen LogP contribution in [0.3, 0.4) is 0 Å². The molecule has 2 aromatic heterocycles. The van der Waals surface area contributed by atoms with E-state index in [1.165, 1.54) is 0 Å². The number of nitrogens with one attached hydrogen (secondary N) is 1. The lowest BCUT2D eigenvalue weighted by atomic mass is 10.1. The summed E-state index contributed by atoms with van der Waals surface area (Å²) < 4.78 is 7.10. The van der Waals surface area contributed by atoms with E-state index in [0.717, 1.165) is 22.0 Å². The summed E-state index contributed by atoms with van der Waals surface area (Å²) in [6, 6.07) is 11.5. The summed E-state index contributed by atoms with van der Waals surface area (Å²) in [5, 5.41) is 4.06. The summed E-state index contributed by atoms with van der Waals surface area (Å²) in [6.07, 6.45) is 3.61. The smallest absolute Gasteiger partial charge is 0.213 e. The molecule has 0 fully saturated rings. The van der Waals surface area contributed by atoms with Crippen LogP contribution in [0.1, 0.15) is 11.1 Å². The van der Waals surface area contributed by atoms with Gasteiger partial charge in [-0.2, -0.15) is 0 Å². The number of fused-ring (bicyclic) bond motifs is 1. The first-order valence-corrected chi connectivity index (χ1v) is 7.46. The van der Waals surface area contributed by atoms with Crippen molar-refractivity contribution in [2.75, 3.05) is 7.11 Å². The van der Waals surface area contributed by atoms with Crippen LogP contribution in [-0.2, 0) is 20.1 Å². The summed E-state index contributed by atoms with van der Waals surface area (Å²) in [7, 11) is 3.55. The number of para-hydroxylation sites is 1. The van der Waals surface area contributed by atoms with Crippen molar-refractivity contribution in [1.29, 1.82) is 0 Å². The quantitative estimate of drug-likeness (QED) is 0.785. The predicted octanol–water partition coefficient (Wildman–Crippen LogP) is 2.23. The molecule has 0 radical (unpaired) electrons. The molecule has 0 spiro atoms. The van der Waals surface area contributed by atoms with Crippen LogP contribution in [0.5, 0.6) is 5.88 Å². The minimum atomic E-state index is 0.0820. The van der Waals surface area contributed by atoms with Gasteiger partial charge in [0, 0.05) is 49.5 Å². The molecule has 3 aromatic rings. The SMILES string of the molecule is COc1cc(CNCc2cn(C)c3ccccc3c2=O)ccn1. The molecule has 0 saturated carbocycles. The zero-order valence-electron chi connectivity index (χ0n) is 13.2. The van der Waals surface area contributed by atoms with Gasteiger partial charge in [-0.1, -0.05) is 12.1 Å². The molecule has 3 rings (SSSR count). The van der Waals surface area contributed by atoms with Crippen molar-refractivity contribution in [2.24, 2.45) is 7.05 Å². The van der Waals surface area contributed by atoms with Crippen molar-refractivity contribution in [2.45, 2.75) is 13.1 Å². The van der Waals surface area contributed by atoms with Crippen molar-refractivity contribution in [3.63, 3.8) is 0 Å². The molecule has 1 N–H and O–H groups in total. The van der Waals surface area contributed by atoms with E-state index >= 15 is 0 Å². The van der Waals surface area contributed by atoms with E-state index < -0.39 is 0 Å². The van der Waals surface area contributed by atoms with Gasteiger partial charge in [0.1, 0.15) is 0 Å². The summed E-state index contributed by atoms with van der Waals surface area (Å²) >= 11 is 0. The first-order valence-electron chi connectivity index (χ1n) is 7.46. The topological polar surface area (TPSA) is 56.1 Å². The van der Waals surface area contributed by atoms with E-state index in [1.807, 2.05) is 54.2 Å². The number of hydrogen-bond donors (Lipinski definition) is 1. The molecular formula is C18H19N3O2. The molecule has 0 aliphatic heterocycles. The fourth-order valence-electron chi connectivity index (χ4n) is 2.65. The average molecular weight is 309 g/mol. The molecule has 0 bridgehead atoms. The maximum atomic E-state index is 12.5. The Hall–Kier alpha value is -2.66. The summed E-state index contributed by atoms with van der Waals surface area (Å²) in [6.45, 7) is 1.16. The Labute approximate surface area is 134 Å². The zero-order valence-corrected chi connectivity index (χ0v) is 13.2. The zero-order chi connectivity index (χ0) is 16.2. The minimum Gasteiger partial charge on any atom is -0.481 e. The molecular weight excluding hydrogens is 290 g/mol. The lowest BCUT2D eigenvalue weighted by Gasteiger charge is -2.10. The van der Waals surface area contributed by atoms with Gasteiger partial charge in [-0.05, 0) is 23.8 Å². The number of hydrogen-bond acceptors (Lipinski definition) is 4. The minimum absolute atomic E-state index is 0.0820. The lowest BCUT2D eigenvalue weighted by molar-refractivity contribution is 0.397. The van der Waals surface area contributed by atoms with Crippen molar-refractivity contribution < 1.29 is 4.74 Å². The van der Waals surface area contributed by atoms with Gasteiger partial charge in [0.25, 0.3) is 0 Å². The average Bonchev–Trinajstić information content (AvgIpc) is 2.59. The van der Waals surface area contributed by atoms with Gasteiger partial charge in [-0.25, -0.2) is 4.98 Å². The highest BCUT2D eigenvalue weighted by Crippen LogP contribution is 2.11. The van der Waals surface area contributed by atoms with Gasteiger partial charge in [0.2, 0.25) is 5.88 Å². The Morgan fingerprint density at radius 1 is 1.22 bits per heavy atom. The van der Waals surface area contributed by atoms with Crippen LogP contribution in [0, 0.1) is 0 Å². The number of nitrogens with zero attached hydrogens (tertiary/aromatic N) is 2. The van der Waals surface area contributed by atoms with Crippen LogP contribution < -0.4 is 15.5 Å². The number of methoxy groups -OCH3 is 1. The van der Waals surface area contributed by atoms with E-state index in [0.29, 0.717) is 19.0 Å². The van der Waals surface area contributed by atoms with Crippen LogP contribution in [0.4, 0.5) is 0 Å². The highest BCUT2D eigenvalue weighted by atomic mass is 16.5. The number of ether oxygens (including phenoxy) is 1.